The minimum Gasteiger partial charge on any atom is -0.457 e. The Morgan fingerprint density at radius 1 is 0.574 bits per heavy atom. The molecule has 0 aliphatic carbocycles. The van der Waals surface area contributed by atoms with E-state index in [2.05, 4.69) is 84.9 Å². The standard InChI is InChI=1S/C55H94O12S/c1-3-5-7-9-11-13-15-17-19-20-21-22-23-24-25-26-27-28-29-31-33-35-37-39-41-43-45-63-47-49(48-64-55-53(59)54(67-68(60,61)62)52(58)50(46-56)66-55)65-51(57)44-42-40-38-36-34-32-30-18-16-14-12-10-8-6-4-2/h6,8,12,14-15,17-18,20-21,30,34,36,40,42,49-50,52-56,58-59H,3-5,7,9-11,13,16,19,22-29,31-33,35,37-39,41,43-48H2,1-2H3,(H,60,61,62)/b8-6-,14-12-,17-15-,21-20-,30-18-,36-34-,42-40-. The van der Waals surface area contributed by atoms with E-state index in [1.807, 2.05) is 12.2 Å². The first-order valence-corrected chi connectivity index (χ1v) is 27.7. The fourth-order valence-corrected chi connectivity index (χ4v) is 8.11. The molecule has 1 saturated heterocycles. The lowest BCUT2D eigenvalue weighted by atomic mass is 9.99. The molecule has 1 heterocycles. The van der Waals surface area contributed by atoms with Crippen LogP contribution in [0.1, 0.15) is 194 Å². The van der Waals surface area contributed by atoms with Crippen molar-refractivity contribution in [1.82, 2.24) is 0 Å². The number of rotatable bonds is 45. The Hall–Kier alpha value is -2.72. The zero-order valence-electron chi connectivity index (χ0n) is 42.1. The molecule has 0 radical (unpaired) electrons. The lowest BCUT2D eigenvalue weighted by Crippen LogP contribution is -2.60. The van der Waals surface area contributed by atoms with Gasteiger partial charge < -0.3 is 34.3 Å². The molecule has 0 spiro atoms. The third-order valence-electron chi connectivity index (χ3n) is 11.5. The average Bonchev–Trinajstić information content (AvgIpc) is 3.31. The van der Waals surface area contributed by atoms with Gasteiger partial charge in [0.25, 0.3) is 0 Å². The monoisotopic (exact) mass is 979 g/mol. The lowest BCUT2D eigenvalue weighted by molar-refractivity contribution is -0.301. The molecule has 0 bridgehead atoms. The summed E-state index contributed by atoms with van der Waals surface area (Å²) in [6.45, 7) is 3.74. The minimum atomic E-state index is -5.08. The van der Waals surface area contributed by atoms with Crippen molar-refractivity contribution in [1.29, 1.82) is 0 Å². The Bertz CT molecular complexity index is 1500. The molecule has 68 heavy (non-hydrogen) atoms. The Morgan fingerprint density at radius 3 is 1.49 bits per heavy atom. The molecule has 1 fully saturated rings. The quantitative estimate of drug-likeness (QED) is 0.0197. The van der Waals surface area contributed by atoms with E-state index in [1.165, 1.54) is 116 Å². The zero-order chi connectivity index (χ0) is 49.6. The summed E-state index contributed by atoms with van der Waals surface area (Å²) in [5.74, 6) is -0.527. The third-order valence-corrected chi connectivity index (χ3v) is 12.0. The number of esters is 1. The number of hydrogen-bond donors (Lipinski definition) is 4. The summed E-state index contributed by atoms with van der Waals surface area (Å²) >= 11 is 0. The van der Waals surface area contributed by atoms with Gasteiger partial charge in [0.1, 0.15) is 30.5 Å². The number of allylic oxidation sites excluding steroid dienone is 13. The molecule has 0 aromatic carbocycles. The number of carbonyl (C=O) groups excluding carboxylic acids is 1. The molecule has 6 atom stereocenters. The highest BCUT2D eigenvalue weighted by molar-refractivity contribution is 7.80. The largest absolute Gasteiger partial charge is 0.457 e. The Kier molecular flexibility index (Phi) is 42.3. The van der Waals surface area contributed by atoms with Gasteiger partial charge in [-0.15, -0.1) is 0 Å². The van der Waals surface area contributed by atoms with Crippen molar-refractivity contribution in [3.8, 4) is 0 Å². The van der Waals surface area contributed by atoms with Gasteiger partial charge in [-0.25, -0.2) is 4.18 Å². The maximum absolute atomic E-state index is 12.8. The zero-order valence-corrected chi connectivity index (χ0v) is 43.0. The van der Waals surface area contributed by atoms with E-state index in [1.54, 1.807) is 6.08 Å². The van der Waals surface area contributed by atoms with Crippen LogP contribution in [-0.4, -0.2) is 97.5 Å². The second kappa shape index (κ2) is 45.4. The van der Waals surface area contributed by atoms with Crippen molar-refractivity contribution in [2.75, 3.05) is 26.4 Å². The van der Waals surface area contributed by atoms with Crippen LogP contribution in [0.15, 0.2) is 85.1 Å². The van der Waals surface area contributed by atoms with Crippen LogP contribution < -0.4 is 0 Å². The van der Waals surface area contributed by atoms with Gasteiger partial charge in [0.2, 0.25) is 0 Å². The van der Waals surface area contributed by atoms with E-state index in [0.717, 1.165) is 51.4 Å². The van der Waals surface area contributed by atoms with Gasteiger partial charge in [-0.3, -0.25) is 9.35 Å². The smallest absolute Gasteiger partial charge is 0.397 e. The summed E-state index contributed by atoms with van der Waals surface area (Å²) in [5, 5.41) is 30.7. The van der Waals surface area contributed by atoms with Crippen LogP contribution >= 0.6 is 0 Å². The first-order chi connectivity index (χ1) is 33.1. The van der Waals surface area contributed by atoms with Crippen LogP contribution in [0.25, 0.3) is 0 Å². The normalized spacial score (nSPS) is 20.0. The molecule has 0 aromatic rings. The number of aliphatic hydroxyl groups is 3. The third kappa shape index (κ3) is 38.1. The van der Waals surface area contributed by atoms with E-state index in [9.17, 15) is 33.1 Å². The molecule has 0 aromatic heterocycles. The van der Waals surface area contributed by atoms with Crippen molar-refractivity contribution in [2.45, 2.75) is 230 Å². The van der Waals surface area contributed by atoms with Crippen molar-refractivity contribution in [3.63, 3.8) is 0 Å². The van der Waals surface area contributed by atoms with Crippen molar-refractivity contribution in [2.24, 2.45) is 0 Å². The Labute approximate surface area is 413 Å². The second-order valence-electron chi connectivity index (χ2n) is 17.7. The molecule has 1 rings (SSSR count). The van der Waals surface area contributed by atoms with Crippen molar-refractivity contribution >= 4 is 16.4 Å². The van der Waals surface area contributed by atoms with E-state index >= 15 is 0 Å². The first kappa shape index (κ1) is 63.3. The van der Waals surface area contributed by atoms with Gasteiger partial charge in [0, 0.05) is 6.61 Å². The molecule has 0 amide bonds. The number of carbonyl (C=O) groups is 1. The summed E-state index contributed by atoms with van der Waals surface area (Å²) in [6.07, 6.45) is 52.3. The highest BCUT2D eigenvalue weighted by atomic mass is 32.3. The molecule has 1 aliphatic heterocycles. The van der Waals surface area contributed by atoms with E-state index in [-0.39, 0.29) is 19.6 Å². The molecule has 6 unspecified atom stereocenters. The highest BCUT2D eigenvalue weighted by Gasteiger charge is 2.48. The van der Waals surface area contributed by atoms with Crippen LogP contribution in [0.2, 0.25) is 0 Å². The predicted molar refractivity (Wildman–Crippen MR) is 275 cm³/mol. The lowest BCUT2D eigenvalue weighted by Gasteiger charge is -2.41. The molecule has 0 saturated carbocycles. The summed E-state index contributed by atoms with van der Waals surface area (Å²) < 4.78 is 59.1. The van der Waals surface area contributed by atoms with E-state index in [0.29, 0.717) is 13.0 Å². The maximum Gasteiger partial charge on any atom is 0.397 e. The molecule has 12 nitrogen and oxygen atoms in total. The van der Waals surface area contributed by atoms with Gasteiger partial charge in [-0.05, 0) is 70.6 Å². The molecule has 1 aliphatic rings. The van der Waals surface area contributed by atoms with Gasteiger partial charge in [-0.1, -0.05) is 202 Å². The van der Waals surface area contributed by atoms with Crippen LogP contribution in [0, 0.1) is 0 Å². The molecular formula is C55H94O12S. The minimum absolute atomic E-state index is 0.00588. The highest BCUT2D eigenvalue weighted by Crippen LogP contribution is 2.26. The fourth-order valence-electron chi connectivity index (χ4n) is 7.60. The summed E-state index contributed by atoms with van der Waals surface area (Å²) in [7, 11) is -5.08. The van der Waals surface area contributed by atoms with Crippen molar-refractivity contribution in [3.05, 3.63) is 85.1 Å². The Morgan fingerprint density at radius 2 is 1.01 bits per heavy atom. The van der Waals surface area contributed by atoms with Gasteiger partial charge >= 0.3 is 16.4 Å². The molecule has 13 heteroatoms. The van der Waals surface area contributed by atoms with Gasteiger partial charge in [0.05, 0.1) is 26.2 Å². The van der Waals surface area contributed by atoms with Crippen LogP contribution in [0.4, 0.5) is 0 Å². The fraction of sp³-hybridized carbons (Fsp3) is 0.727. The summed E-state index contributed by atoms with van der Waals surface area (Å²) in [5.41, 5.74) is 0. The van der Waals surface area contributed by atoms with Crippen LogP contribution in [-0.2, 0) is 38.3 Å². The second-order valence-corrected chi connectivity index (χ2v) is 18.8. The number of ether oxygens (including phenoxy) is 4. The average molecular weight is 979 g/mol. The molecule has 392 valence electrons. The van der Waals surface area contributed by atoms with Gasteiger partial charge in [0.15, 0.2) is 6.29 Å². The van der Waals surface area contributed by atoms with Gasteiger partial charge in [-0.2, -0.15) is 8.42 Å². The maximum atomic E-state index is 12.8. The number of aliphatic hydroxyl groups excluding tert-OH is 3. The SMILES string of the molecule is CC/C=C\C/C=C\C/C=C\C/C=C\C/C=C\CC(=O)OC(COCCCCCCCCCCCCCCCC/C=C\C/C=C\CCCCCCC)COC1OC(CO)C(O)C(OS(=O)(=O)O)C1O. The Balaban J connectivity index is 2.34. The summed E-state index contributed by atoms with van der Waals surface area (Å²) in [4.78, 5) is 12.8. The molecular weight excluding hydrogens is 885 g/mol. The number of unbranched alkanes of at least 4 members (excludes halogenated alkanes) is 19. The van der Waals surface area contributed by atoms with E-state index in [4.69, 9.17) is 18.9 Å². The number of hydrogen-bond acceptors (Lipinski definition) is 11. The van der Waals surface area contributed by atoms with Crippen LogP contribution in [0.5, 0.6) is 0 Å². The van der Waals surface area contributed by atoms with Crippen LogP contribution in [0.3, 0.4) is 0 Å². The predicted octanol–water partition coefficient (Wildman–Crippen LogP) is 12.4. The molecule has 4 N–H and O–H groups in total. The van der Waals surface area contributed by atoms with Crippen molar-refractivity contribution < 1.29 is 56.2 Å². The first-order valence-electron chi connectivity index (χ1n) is 26.3. The van der Waals surface area contributed by atoms with E-state index < -0.39 is 59.8 Å². The summed E-state index contributed by atoms with van der Waals surface area (Å²) in [6, 6.07) is 0. The topological polar surface area (TPSA) is 178 Å².